The van der Waals surface area contributed by atoms with Gasteiger partial charge in [-0.25, -0.2) is 4.57 Å². The molecule has 6 rings (SSSR count). The van der Waals surface area contributed by atoms with Crippen molar-refractivity contribution in [3.05, 3.63) is 42.7 Å². The number of pyridine rings is 1. The third kappa shape index (κ3) is 4.03. The van der Waals surface area contributed by atoms with E-state index >= 15 is 0 Å². The normalized spacial score (nSPS) is 48.1. The molecule has 218 valence electrons. The van der Waals surface area contributed by atoms with Crippen LogP contribution in [0.15, 0.2) is 42.7 Å². The lowest BCUT2D eigenvalue weighted by atomic mass is 9.32. The van der Waals surface area contributed by atoms with Crippen molar-refractivity contribution in [3.63, 3.8) is 0 Å². The first kappa shape index (κ1) is 29.8. The molecule has 5 aliphatic carbocycles. The van der Waals surface area contributed by atoms with E-state index in [1.54, 1.807) is 0 Å². The fourth-order valence-corrected chi connectivity index (χ4v) is 12.3. The molecule has 0 saturated heterocycles. The second kappa shape index (κ2) is 9.94. The topological polar surface area (TPSA) is 44.3 Å². The van der Waals surface area contributed by atoms with Gasteiger partial charge < -0.3 is 27.2 Å². The van der Waals surface area contributed by atoms with Crippen LogP contribution in [0.3, 0.4) is 0 Å². The highest BCUT2D eigenvalue weighted by atomic mass is 79.9. The molecule has 0 aliphatic heterocycles. The summed E-state index contributed by atoms with van der Waals surface area (Å²) in [7, 11) is 0. The molecule has 1 aromatic heterocycles. The summed E-state index contributed by atoms with van der Waals surface area (Å²) < 4.78 is 2.28. The largest absolute Gasteiger partial charge is 1.00 e. The van der Waals surface area contributed by atoms with Gasteiger partial charge in [0.15, 0.2) is 18.9 Å². The van der Waals surface area contributed by atoms with Crippen LogP contribution in [0.25, 0.3) is 0 Å². The number of aromatic nitrogens is 1. The summed E-state index contributed by atoms with van der Waals surface area (Å²) in [5.41, 5.74) is 2.41. The molecule has 5 fully saturated rings. The number of aliphatic hydroxyl groups excluding tert-OH is 2. The summed E-state index contributed by atoms with van der Waals surface area (Å²) in [6.45, 7) is 18.6. The lowest BCUT2D eigenvalue weighted by Gasteiger charge is -2.73. The van der Waals surface area contributed by atoms with Crippen LogP contribution in [0, 0.1) is 56.7 Å². The first-order valence-electron chi connectivity index (χ1n) is 15.8. The standard InChI is InChI=1S/C35H54NO2.BrH/c1-24(22-36-20-8-7-9-21-36)25-12-17-35(23-37)19-18-33(5)26(30(25)35)10-11-28-32(4)15-14-29(38)31(2,3)27(32)13-16-34(28,33)6;/h7-9,20-21,25-30,37-38H,1,10-19,22-23H2,2-6H3;1H/q+1;/p-1/t25-,26?,27?,28?,29-,30?,32-,33+,34+,35+;/m0./s1. The Morgan fingerprint density at radius 3 is 2.23 bits per heavy atom. The van der Waals surface area contributed by atoms with Crippen molar-refractivity contribution in [2.45, 2.75) is 111 Å². The molecule has 4 unspecified atom stereocenters. The lowest BCUT2D eigenvalue weighted by molar-refractivity contribution is -0.689. The molecule has 0 spiro atoms. The fourth-order valence-electron chi connectivity index (χ4n) is 12.3. The molecule has 0 radical (unpaired) electrons. The molecule has 4 heteroatoms. The summed E-state index contributed by atoms with van der Waals surface area (Å²) in [6, 6.07) is 6.31. The van der Waals surface area contributed by atoms with Gasteiger partial charge in [-0.15, -0.1) is 0 Å². The maximum atomic E-state index is 11.0. The van der Waals surface area contributed by atoms with Crippen LogP contribution in [-0.4, -0.2) is 22.9 Å². The van der Waals surface area contributed by atoms with Gasteiger partial charge in [0, 0.05) is 18.7 Å². The monoisotopic (exact) mass is 599 g/mol. The first-order valence-corrected chi connectivity index (χ1v) is 15.8. The van der Waals surface area contributed by atoms with Crippen molar-refractivity contribution in [2.75, 3.05) is 6.61 Å². The number of rotatable bonds is 4. The quantitative estimate of drug-likeness (QED) is 0.406. The van der Waals surface area contributed by atoms with Gasteiger partial charge in [-0.2, -0.15) is 0 Å². The molecule has 2 N–H and O–H groups in total. The molecular formula is C35H54BrNO2. The summed E-state index contributed by atoms with van der Waals surface area (Å²) in [4.78, 5) is 0. The van der Waals surface area contributed by atoms with Crippen LogP contribution in [0.4, 0.5) is 0 Å². The minimum atomic E-state index is -0.163. The number of fused-ring (bicyclic) bond motifs is 7. The van der Waals surface area contributed by atoms with Gasteiger partial charge in [-0.1, -0.05) is 47.3 Å². The van der Waals surface area contributed by atoms with Crippen LogP contribution < -0.4 is 21.5 Å². The number of allylic oxidation sites excluding steroid dienone is 1. The zero-order chi connectivity index (χ0) is 27.1. The van der Waals surface area contributed by atoms with E-state index in [9.17, 15) is 10.2 Å². The smallest absolute Gasteiger partial charge is 0.169 e. The lowest BCUT2D eigenvalue weighted by Crippen LogP contribution is -3.00. The summed E-state index contributed by atoms with van der Waals surface area (Å²) in [5, 5.41) is 21.9. The van der Waals surface area contributed by atoms with E-state index in [4.69, 9.17) is 6.58 Å². The first-order chi connectivity index (χ1) is 17.9. The molecule has 39 heavy (non-hydrogen) atoms. The molecule has 0 aromatic carbocycles. The molecule has 3 nitrogen and oxygen atoms in total. The van der Waals surface area contributed by atoms with Crippen LogP contribution >= 0.6 is 0 Å². The van der Waals surface area contributed by atoms with Gasteiger partial charge in [0.1, 0.15) is 0 Å². The highest BCUT2D eigenvalue weighted by Gasteiger charge is 2.70. The fraction of sp³-hybridized carbons (Fsp3) is 0.800. The van der Waals surface area contributed by atoms with Crippen molar-refractivity contribution in [1.29, 1.82) is 0 Å². The van der Waals surface area contributed by atoms with Crippen molar-refractivity contribution in [3.8, 4) is 0 Å². The average Bonchev–Trinajstić information content (AvgIpc) is 3.28. The zero-order valence-electron chi connectivity index (χ0n) is 25.3. The molecule has 5 saturated carbocycles. The Balaban J connectivity index is 0.00000308. The van der Waals surface area contributed by atoms with E-state index < -0.39 is 0 Å². The molecule has 5 aliphatic rings. The van der Waals surface area contributed by atoms with E-state index in [0.29, 0.717) is 46.5 Å². The van der Waals surface area contributed by atoms with Crippen LogP contribution in [0.2, 0.25) is 0 Å². The van der Waals surface area contributed by atoms with Gasteiger partial charge >= 0.3 is 0 Å². The molecular weight excluding hydrogens is 546 g/mol. The molecule has 0 bridgehead atoms. The zero-order valence-corrected chi connectivity index (χ0v) is 26.8. The average molecular weight is 601 g/mol. The maximum Gasteiger partial charge on any atom is 0.169 e. The number of hydrogen-bond acceptors (Lipinski definition) is 2. The van der Waals surface area contributed by atoms with Crippen molar-refractivity contribution < 1.29 is 31.8 Å². The van der Waals surface area contributed by atoms with Gasteiger partial charge in [0.25, 0.3) is 0 Å². The predicted molar refractivity (Wildman–Crippen MR) is 153 cm³/mol. The highest BCUT2D eigenvalue weighted by Crippen LogP contribution is 2.77. The van der Waals surface area contributed by atoms with Crippen molar-refractivity contribution in [2.24, 2.45) is 56.7 Å². The number of hydrogen-bond donors (Lipinski definition) is 2. The Labute approximate surface area is 248 Å². The Morgan fingerprint density at radius 2 is 1.54 bits per heavy atom. The third-order valence-electron chi connectivity index (χ3n) is 14.6. The van der Waals surface area contributed by atoms with Gasteiger partial charge in [0.2, 0.25) is 0 Å². The highest BCUT2D eigenvalue weighted by molar-refractivity contribution is 5.21. The van der Waals surface area contributed by atoms with Gasteiger partial charge in [0.05, 0.1) is 6.10 Å². The molecule has 1 aromatic rings. The molecule has 0 amide bonds. The van der Waals surface area contributed by atoms with E-state index in [1.165, 1.54) is 56.9 Å². The molecule has 1 heterocycles. The van der Waals surface area contributed by atoms with Crippen molar-refractivity contribution in [1.82, 2.24) is 0 Å². The minimum Gasteiger partial charge on any atom is -1.00 e. The summed E-state index contributed by atoms with van der Waals surface area (Å²) in [5.74, 6) is 3.06. The minimum absolute atomic E-state index is 0. The van der Waals surface area contributed by atoms with Gasteiger partial charge in [-0.3, -0.25) is 0 Å². The number of nitrogens with zero attached hydrogens (tertiary/aromatic N) is 1. The second-order valence-electron chi connectivity index (χ2n) is 15.9. The van der Waals surface area contributed by atoms with E-state index in [1.807, 2.05) is 0 Å². The van der Waals surface area contributed by atoms with E-state index in [2.05, 4.69) is 69.8 Å². The predicted octanol–water partition coefficient (Wildman–Crippen LogP) is 3.97. The number of aliphatic hydroxyl groups is 2. The number of halogens is 1. The van der Waals surface area contributed by atoms with Gasteiger partial charge in [-0.05, 0) is 126 Å². The van der Waals surface area contributed by atoms with Crippen LogP contribution in [0.5, 0.6) is 0 Å². The van der Waals surface area contributed by atoms with E-state index in [0.717, 1.165) is 25.3 Å². The SMILES string of the molecule is C=C(C[n+]1ccccc1)[C@@H]1CC[C@]2(CO)CC[C@]3(C)C(CCC4[C@@]5(C)CC[C@H](O)C(C)(C)C5CC[C@]43C)C12.[Br-]. The Bertz CT molecular complexity index is 1070. The Hall–Kier alpha value is -0.710. The summed E-state index contributed by atoms with van der Waals surface area (Å²) >= 11 is 0. The van der Waals surface area contributed by atoms with Crippen LogP contribution in [0.1, 0.15) is 98.8 Å². The summed E-state index contributed by atoms with van der Waals surface area (Å²) in [6.07, 6.45) is 16.3. The van der Waals surface area contributed by atoms with Crippen molar-refractivity contribution >= 4 is 0 Å². The third-order valence-corrected chi connectivity index (χ3v) is 14.6. The van der Waals surface area contributed by atoms with E-state index in [-0.39, 0.29) is 33.9 Å². The maximum absolute atomic E-state index is 11.0. The second-order valence-corrected chi connectivity index (χ2v) is 15.9. The van der Waals surface area contributed by atoms with Crippen LogP contribution in [-0.2, 0) is 6.54 Å². The Morgan fingerprint density at radius 1 is 0.821 bits per heavy atom. The Kier molecular flexibility index (Phi) is 7.59. The molecule has 10 atom stereocenters.